The number of rotatable bonds is 4. The zero-order chi connectivity index (χ0) is 21.4. The van der Waals surface area contributed by atoms with E-state index in [1.807, 2.05) is 42.5 Å². The minimum absolute atomic E-state index is 0.167. The summed E-state index contributed by atoms with van der Waals surface area (Å²) in [6.07, 6.45) is 3.73. The van der Waals surface area contributed by atoms with Crippen LogP contribution in [0.2, 0.25) is 0 Å². The third kappa shape index (κ3) is 3.56. The molecule has 1 aliphatic rings. The summed E-state index contributed by atoms with van der Waals surface area (Å²) in [6, 6.07) is 13.4. The van der Waals surface area contributed by atoms with Gasteiger partial charge in [0.2, 0.25) is 0 Å². The smallest absolute Gasteiger partial charge is 0.261 e. The molecule has 2 aromatic carbocycles. The molecule has 1 saturated heterocycles. The lowest BCUT2D eigenvalue weighted by atomic mass is 9.98. The molecular formula is C24H23N3O4. The van der Waals surface area contributed by atoms with Crippen molar-refractivity contribution in [3.8, 4) is 5.75 Å². The summed E-state index contributed by atoms with van der Waals surface area (Å²) in [5.41, 5.74) is 3.23. The molecule has 0 aliphatic carbocycles. The number of benzene rings is 2. The van der Waals surface area contributed by atoms with Gasteiger partial charge in [-0.25, -0.2) is 4.98 Å². The van der Waals surface area contributed by atoms with E-state index in [9.17, 15) is 9.90 Å². The number of hydrogen-bond donors (Lipinski definition) is 1. The fourth-order valence-corrected chi connectivity index (χ4v) is 4.29. The molecule has 1 N–H and O–H groups in total. The monoisotopic (exact) mass is 417 g/mol. The first-order chi connectivity index (χ1) is 15.2. The molecule has 2 atom stereocenters. The third-order valence-corrected chi connectivity index (χ3v) is 5.93. The minimum atomic E-state index is -0.733. The lowest BCUT2D eigenvalue weighted by Crippen LogP contribution is -2.39. The lowest BCUT2D eigenvalue weighted by molar-refractivity contribution is -0.0395. The van der Waals surface area contributed by atoms with Crippen molar-refractivity contribution in [1.29, 1.82) is 0 Å². The molecule has 2 aromatic heterocycles. The number of nitrogens with zero attached hydrogens (tertiary/aromatic N) is 3. The van der Waals surface area contributed by atoms with Gasteiger partial charge in [0.05, 0.1) is 43.1 Å². The third-order valence-electron chi connectivity index (χ3n) is 5.93. The van der Waals surface area contributed by atoms with Gasteiger partial charge in [0.15, 0.2) is 0 Å². The van der Waals surface area contributed by atoms with Crippen LogP contribution in [0, 0.1) is 0 Å². The number of aliphatic hydroxyl groups excluding tert-OH is 1. The SMILES string of the molecule is COc1ccc(Cc2cc3c(=O)n([C@H]4CCOC[C@@H]4O)cnc3c3ncccc23)cc1. The number of ether oxygens (including phenoxy) is 2. The van der Waals surface area contributed by atoms with Crippen molar-refractivity contribution in [2.45, 2.75) is 25.0 Å². The second-order valence-corrected chi connectivity index (χ2v) is 7.81. The van der Waals surface area contributed by atoms with Crippen molar-refractivity contribution in [1.82, 2.24) is 14.5 Å². The van der Waals surface area contributed by atoms with Gasteiger partial charge in [-0.1, -0.05) is 18.2 Å². The van der Waals surface area contributed by atoms with Crippen LogP contribution in [0.15, 0.2) is 59.8 Å². The predicted octanol–water partition coefficient (Wildman–Crippen LogP) is 2.87. The maximum Gasteiger partial charge on any atom is 0.261 e. The topological polar surface area (TPSA) is 86.5 Å². The van der Waals surface area contributed by atoms with E-state index in [-0.39, 0.29) is 18.2 Å². The highest BCUT2D eigenvalue weighted by atomic mass is 16.5. The molecule has 0 saturated carbocycles. The highest BCUT2D eigenvalue weighted by Crippen LogP contribution is 2.28. The van der Waals surface area contributed by atoms with Gasteiger partial charge in [0, 0.05) is 18.2 Å². The van der Waals surface area contributed by atoms with E-state index in [0.717, 1.165) is 22.3 Å². The molecule has 7 nitrogen and oxygen atoms in total. The maximum atomic E-state index is 13.4. The number of fused-ring (bicyclic) bond motifs is 3. The molecule has 0 amide bonds. The Morgan fingerprint density at radius 1 is 1.16 bits per heavy atom. The lowest BCUT2D eigenvalue weighted by Gasteiger charge is -2.29. The molecule has 31 heavy (non-hydrogen) atoms. The maximum absolute atomic E-state index is 13.4. The Balaban J connectivity index is 1.67. The molecule has 0 spiro atoms. The van der Waals surface area contributed by atoms with E-state index < -0.39 is 6.10 Å². The summed E-state index contributed by atoms with van der Waals surface area (Å²) in [7, 11) is 1.64. The van der Waals surface area contributed by atoms with Gasteiger partial charge in [-0.05, 0) is 48.2 Å². The quantitative estimate of drug-likeness (QED) is 0.514. The first-order valence-electron chi connectivity index (χ1n) is 10.3. The molecule has 0 radical (unpaired) electrons. The Morgan fingerprint density at radius 3 is 2.74 bits per heavy atom. The number of hydrogen-bond acceptors (Lipinski definition) is 6. The Hall–Kier alpha value is -3.29. The first-order valence-corrected chi connectivity index (χ1v) is 10.3. The van der Waals surface area contributed by atoms with Crippen molar-refractivity contribution in [2.24, 2.45) is 0 Å². The Labute approximate surface area is 178 Å². The van der Waals surface area contributed by atoms with Crippen LogP contribution in [0.25, 0.3) is 21.8 Å². The number of aliphatic hydroxyl groups is 1. The van der Waals surface area contributed by atoms with Crippen LogP contribution >= 0.6 is 0 Å². The van der Waals surface area contributed by atoms with Crippen molar-refractivity contribution >= 4 is 21.8 Å². The molecule has 1 fully saturated rings. The molecule has 5 rings (SSSR count). The van der Waals surface area contributed by atoms with Crippen LogP contribution in [-0.2, 0) is 11.2 Å². The van der Waals surface area contributed by atoms with Gasteiger partial charge in [0.25, 0.3) is 5.56 Å². The molecule has 1 aliphatic heterocycles. The highest BCUT2D eigenvalue weighted by molar-refractivity contribution is 6.04. The van der Waals surface area contributed by atoms with Crippen LogP contribution < -0.4 is 10.3 Å². The molecule has 158 valence electrons. The Kier molecular flexibility index (Phi) is 5.13. The van der Waals surface area contributed by atoms with Crippen molar-refractivity contribution < 1.29 is 14.6 Å². The zero-order valence-electron chi connectivity index (χ0n) is 17.2. The summed E-state index contributed by atoms with van der Waals surface area (Å²) in [4.78, 5) is 22.6. The zero-order valence-corrected chi connectivity index (χ0v) is 17.2. The van der Waals surface area contributed by atoms with Crippen LogP contribution in [0.4, 0.5) is 0 Å². The normalized spacial score (nSPS) is 19.0. The van der Waals surface area contributed by atoms with Crippen molar-refractivity contribution in [3.05, 3.63) is 76.5 Å². The van der Waals surface area contributed by atoms with E-state index in [4.69, 9.17) is 9.47 Å². The van der Waals surface area contributed by atoms with Gasteiger partial charge < -0.3 is 14.6 Å². The Bertz CT molecular complexity index is 1300. The van der Waals surface area contributed by atoms with E-state index in [1.165, 1.54) is 6.33 Å². The van der Waals surface area contributed by atoms with Crippen molar-refractivity contribution in [2.75, 3.05) is 20.3 Å². The highest BCUT2D eigenvalue weighted by Gasteiger charge is 2.27. The predicted molar refractivity (Wildman–Crippen MR) is 118 cm³/mol. The van der Waals surface area contributed by atoms with Gasteiger partial charge in [-0.15, -0.1) is 0 Å². The van der Waals surface area contributed by atoms with E-state index in [0.29, 0.717) is 35.9 Å². The van der Waals surface area contributed by atoms with Crippen LogP contribution in [0.1, 0.15) is 23.6 Å². The van der Waals surface area contributed by atoms with E-state index in [1.54, 1.807) is 17.9 Å². The average Bonchev–Trinajstić information content (AvgIpc) is 2.81. The fraction of sp³-hybridized carbons (Fsp3) is 0.292. The van der Waals surface area contributed by atoms with Crippen LogP contribution in [0.5, 0.6) is 5.75 Å². The summed E-state index contributed by atoms with van der Waals surface area (Å²) >= 11 is 0. The Morgan fingerprint density at radius 2 is 1.97 bits per heavy atom. The van der Waals surface area contributed by atoms with E-state index in [2.05, 4.69) is 9.97 Å². The largest absolute Gasteiger partial charge is 0.497 e. The van der Waals surface area contributed by atoms with Crippen molar-refractivity contribution in [3.63, 3.8) is 0 Å². The summed E-state index contributed by atoms with van der Waals surface area (Å²) in [6.45, 7) is 0.728. The van der Waals surface area contributed by atoms with Crippen LogP contribution in [0.3, 0.4) is 0 Å². The van der Waals surface area contributed by atoms with Gasteiger partial charge >= 0.3 is 0 Å². The molecule has 0 bridgehead atoms. The van der Waals surface area contributed by atoms with Gasteiger partial charge in [0.1, 0.15) is 11.3 Å². The average molecular weight is 417 g/mol. The summed E-state index contributed by atoms with van der Waals surface area (Å²) < 4.78 is 12.1. The fourth-order valence-electron chi connectivity index (χ4n) is 4.29. The second-order valence-electron chi connectivity index (χ2n) is 7.81. The van der Waals surface area contributed by atoms with Gasteiger partial charge in [-0.3, -0.25) is 14.3 Å². The number of methoxy groups -OCH3 is 1. The molecule has 0 unspecified atom stereocenters. The minimum Gasteiger partial charge on any atom is -0.497 e. The molecular weight excluding hydrogens is 394 g/mol. The molecule has 4 aromatic rings. The first kappa shape index (κ1) is 19.7. The second kappa shape index (κ2) is 8.09. The number of pyridine rings is 1. The summed E-state index contributed by atoms with van der Waals surface area (Å²) in [5.74, 6) is 0.802. The number of aromatic nitrogens is 3. The summed E-state index contributed by atoms with van der Waals surface area (Å²) in [5, 5.41) is 11.8. The van der Waals surface area contributed by atoms with E-state index >= 15 is 0 Å². The van der Waals surface area contributed by atoms with Gasteiger partial charge in [-0.2, -0.15) is 0 Å². The molecule has 3 heterocycles. The van der Waals surface area contributed by atoms with Crippen LogP contribution in [-0.4, -0.2) is 46.1 Å². The molecule has 7 heteroatoms. The standard InChI is InChI=1S/C24H23N3O4/c1-30-17-6-4-15(5-7-17)11-16-12-19-23(22-18(16)3-2-9-25-22)26-14-27(24(19)29)20-8-10-31-13-21(20)28/h2-7,9,12,14,20-21,28H,8,10-11,13H2,1H3/t20-,21-/m0/s1.